The maximum atomic E-state index is 10.5. The maximum absolute atomic E-state index is 10.5. The van der Waals surface area contributed by atoms with Crippen molar-refractivity contribution in [1.82, 2.24) is 15.3 Å². The number of amides is 1. The average molecular weight is 181 g/mol. The summed E-state index contributed by atoms with van der Waals surface area (Å²) >= 11 is 1.48. The summed E-state index contributed by atoms with van der Waals surface area (Å²) < 4.78 is 0. The van der Waals surface area contributed by atoms with Crippen molar-refractivity contribution in [2.24, 2.45) is 0 Å². The molecule has 4 nitrogen and oxygen atoms in total. The molecule has 0 spiro atoms. The first kappa shape index (κ1) is 7.54. The molecule has 2 rings (SSSR count). The second-order valence-electron chi connectivity index (χ2n) is 2.41. The average Bonchev–Trinajstić information content (AvgIpc) is 2.04. The lowest BCUT2D eigenvalue weighted by Gasteiger charge is -2.24. The molecule has 1 N–H and O–H groups in total. The third kappa shape index (κ3) is 1.55. The van der Waals surface area contributed by atoms with Crippen molar-refractivity contribution in [1.29, 1.82) is 0 Å². The summed E-state index contributed by atoms with van der Waals surface area (Å²) in [5.74, 6) is 0.100. The first-order chi connectivity index (χ1) is 5.84. The molecule has 1 fully saturated rings. The third-order valence-corrected chi connectivity index (χ3v) is 2.47. The Bertz CT molecular complexity index is 282. The lowest BCUT2D eigenvalue weighted by molar-refractivity contribution is -0.126. The van der Waals surface area contributed by atoms with E-state index in [0.717, 1.165) is 0 Å². The topological polar surface area (TPSA) is 54.9 Å². The maximum Gasteiger partial charge on any atom is 0.223 e. The molecule has 5 heteroatoms. The molecule has 0 aliphatic carbocycles. The van der Waals surface area contributed by atoms with E-state index < -0.39 is 0 Å². The van der Waals surface area contributed by atoms with Gasteiger partial charge in [0, 0.05) is 12.4 Å². The Kier molecular flexibility index (Phi) is 1.95. The molecule has 0 radical (unpaired) electrons. The van der Waals surface area contributed by atoms with Gasteiger partial charge in [-0.05, 0) is 6.07 Å². The predicted molar refractivity (Wildman–Crippen MR) is 44.4 cm³/mol. The molecule has 1 unspecified atom stereocenters. The zero-order valence-electron chi connectivity index (χ0n) is 6.23. The van der Waals surface area contributed by atoms with Crippen LogP contribution in [0.3, 0.4) is 0 Å². The van der Waals surface area contributed by atoms with Gasteiger partial charge < -0.3 is 5.32 Å². The monoisotopic (exact) mass is 181 g/mol. The van der Waals surface area contributed by atoms with E-state index in [1.165, 1.54) is 11.8 Å². The molecule has 62 valence electrons. The van der Waals surface area contributed by atoms with Crippen LogP contribution in [0, 0.1) is 0 Å². The van der Waals surface area contributed by atoms with Crippen molar-refractivity contribution >= 4 is 17.7 Å². The van der Waals surface area contributed by atoms with Crippen LogP contribution in [0.5, 0.6) is 0 Å². The number of nitrogens with one attached hydrogen (secondary N) is 1. The zero-order chi connectivity index (χ0) is 8.39. The van der Waals surface area contributed by atoms with Crippen LogP contribution in [0.1, 0.15) is 6.42 Å². The zero-order valence-corrected chi connectivity index (χ0v) is 7.04. The van der Waals surface area contributed by atoms with Crippen LogP contribution in [0.4, 0.5) is 0 Å². The molecular formula is C7H7N3OS. The summed E-state index contributed by atoms with van der Waals surface area (Å²) in [5, 5.41) is 3.61. The minimum Gasteiger partial charge on any atom is -0.343 e. The first-order valence-electron chi connectivity index (χ1n) is 3.57. The Morgan fingerprint density at radius 2 is 2.17 bits per heavy atom. The Morgan fingerprint density at radius 1 is 1.50 bits per heavy atom. The number of nitrogens with zero attached hydrogens (tertiary/aromatic N) is 2. The fourth-order valence-electron chi connectivity index (χ4n) is 0.871. The number of hydrogen-bond donors (Lipinski definition) is 1. The standard InChI is InChI=1S/C7H7N3OS/c11-5-4-6(10-5)12-7-8-2-1-3-9-7/h1-3,6H,4H2,(H,10,11). The number of aromatic nitrogens is 2. The molecule has 0 saturated carbocycles. The lowest BCUT2D eigenvalue weighted by Crippen LogP contribution is -2.46. The van der Waals surface area contributed by atoms with Crippen molar-refractivity contribution in [3.63, 3.8) is 0 Å². The van der Waals surface area contributed by atoms with Crippen LogP contribution in [0.2, 0.25) is 0 Å². The largest absolute Gasteiger partial charge is 0.343 e. The molecule has 0 bridgehead atoms. The molecular weight excluding hydrogens is 174 g/mol. The number of rotatable bonds is 2. The molecule has 1 amide bonds. The predicted octanol–water partition coefficient (Wildman–Crippen LogP) is 0.415. The highest BCUT2D eigenvalue weighted by atomic mass is 32.2. The van der Waals surface area contributed by atoms with Gasteiger partial charge in [-0.15, -0.1) is 0 Å². The van der Waals surface area contributed by atoms with Crippen LogP contribution < -0.4 is 5.32 Å². The van der Waals surface area contributed by atoms with Crippen LogP contribution >= 0.6 is 11.8 Å². The summed E-state index contributed by atoms with van der Waals surface area (Å²) in [6.45, 7) is 0. The molecule has 1 aliphatic rings. The summed E-state index contributed by atoms with van der Waals surface area (Å²) in [7, 11) is 0. The van der Waals surface area contributed by atoms with Crippen molar-refractivity contribution in [2.45, 2.75) is 17.0 Å². The van der Waals surface area contributed by atoms with Gasteiger partial charge in [0.1, 0.15) is 0 Å². The van der Waals surface area contributed by atoms with Gasteiger partial charge in [0.2, 0.25) is 5.91 Å². The minimum atomic E-state index is 0.100. The molecule has 0 aromatic carbocycles. The number of hydrogen-bond acceptors (Lipinski definition) is 4. The second kappa shape index (κ2) is 3.10. The van der Waals surface area contributed by atoms with Crippen molar-refractivity contribution in [3.8, 4) is 0 Å². The van der Waals surface area contributed by atoms with E-state index in [2.05, 4.69) is 15.3 Å². The third-order valence-electron chi connectivity index (χ3n) is 1.48. The van der Waals surface area contributed by atoms with E-state index in [-0.39, 0.29) is 11.3 Å². The van der Waals surface area contributed by atoms with Gasteiger partial charge >= 0.3 is 0 Å². The van der Waals surface area contributed by atoms with Gasteiger partial charge in [-0.25, -0.2) is 9.97 Å². The van der Waals surface area contributed by atoms with Crippen LogP contribution in [-0.4, -0.2) is 21.2 Å². The summed E-state index contributed by atoms with van der Waals surface area (Å²) in [6.07, 6.45) is 3.95. The van der Waals surface area contributed by atoms with Crippen molar-refractivity contribution < 1.29 is 4.79 Å². The highest BCUT2D eigenvalue weighted by molar-refractivity contribution is 7.99. The Labute approximate surface area is 73.8 Å². The quantitative estimate of drug-likeness (QED) is 0.530. The Morgan fingerprint density at radius 3 is 2.75 bits per heavy atom. The Balaban J connectivity index is 1.92. The van der Waals surface area contributed by atoms with Crippen LogP contribution in [0.25, 0.3) is 0 Å². The van der Waals surface area contributed by atoms with Gasteiger partial charge in [0.05, 0.1) is 11.8 Å². The fraction of sp³-hybridized carbons (Fsp3) is 0.286. The molecule has 12 heavy (non-hydrogen) atoms. The normalized spacial score (nSPS) is 21.3. The van der Waals surface area contributed by atoms with Gasteiger partial charge in [0.15, 0.2) is 5.16 Å². The SMILES string of the molecule is O=C1CC(Sc2ncccn2)N1. The van der Waals surface area contributed by atoms with Crippen molar-refractivity contribution in [3.05, 3.63) is 18.5 Å². The molecule has 2 heterocycles. The van der Waals surface area contributed by atoms with E-state index in [4.69, 9.17) is 0 Å². The van der Waals surface area contributed by atoms with Gasteiger partial charge in [-0.3, -0.25) is 4.79 Å². The molecule has 1 atom stereocenters. The number of carbonyl (C=O) groups excluding carboxylic acids is 1. The molecule has 1 saturated heterocycles. The fourth-order valence-corrected chi connectivity index (χ4v) is 1.79. The van der Waals surface area contributed by atoms with Gasteiger partial charge in [-0.1, -0.05) is 11.8 Å². The highest BCUT2D eigenvalue weighted by Gasteiger charge is 2.26. The van der Waals surface area contributed by atoms with E-state index in [0.29, 0.717) is 11.6 Å². The summed E-state index contributed by atoms with van der Waals surface area (Å²) in [5.41, 5.74) is 0. The summed E-state index contributed by atoms with van der Waals surface area (Å²) in [6, 6.07) is 1.77. The van der Waals surface area contributed by atoms with Crippen LogP contribution in [0.15, 0.2) is 23.6 Å². The summed E-state index contributed by atoms with van der Waals surface area (Å²) in [4.78, 5) is 18.6. The van der Waals surface area contributed by atoms with E-state index in [9.17, 15) is 4.79 Å². The second-order valence-corrected chi connectivity index (χ2v) is 3.58. The first-order valence-corrected chi connectivity index (χ1v) is 4.45. The van der Waals surface area contributed by atoms with Gasteiger partial charge in [-0.2, -0.15) is 0 Å². The smallest absolute Gasteiger partial charge is 0.223 e. The number of thioether (sulfide) groups is 1. The van der Waals surface area contributed by atoms with Crippen LogP contribution in [-0.2, 0) is 4.79 Å². The lowest BCUT2D eigenvalue weighted by atomic mass is 10.3. The van der Waals surface area contributed by atoms with Crippen molar-refractivity contribution in [2.75, 3.05) is 0 Å². The number of carbonyl (C=O) groups is 1. The number of β-lactam (4-membered cyclic amide) rings is 1. The Hall–Kier alpha value is -1.10. The van der Waals surface area contributed by atoms with E-state index in [1.54, 1.807) is 18.5 Å². The molecule has 1 aromatic heterocycles. The molecule has 1 aliphatic heterocycles. The van der Waals surface area contributed by atoms with Gasteiger partial charge in [0.25, 0.3) is 0 Å². The van der Waals surface area contributed by atoms with E-state index in [1.807, 2.05) is 0 Å². The minimum absolute atomic E-state index is 0.100. The van der Waals surface area contributed by atoms with E-state index >= 15 is 0 Å². The highest BCUT2D eigenvalue weighted by Crippen LogP contribution is 2.23. The molecule has 1 aromatic rings.